The summed E-state index contributed by atoms with van der Waals surface area (Å²) in [6, 6.07) is 2.38. The number of hydrogen-bond donors (Lipinski definition) is 1. The maximum Gasteiger partial charge on any atom is 0.0934 e. The van der Waals surface area contributed by atoms with E-state index in [9.17, 15) is 0 Å². The Hall–Kier alpha value is -0.0900. The lowest BCUT2D eigenvalue weighted by Gasteiger charge is -2.14. The van der Waals surface area contributed by atoms with Crippen molar-refractivity contribution in [3.8, 4) is 0 Å². The van der Waals surface area contributed by atoms with Crippen LogP contribution in [-0.4, -0.2) is 6.10 Å². The average molecular weight is 232 g/mol. The zero-order valence-corrected chi connectivity index (χ0v) is 9.91. The number of rotatable bonds is 3. The molecule has 1 aromatic heterocycles. The van der Waals surface area contributed by atoms with Crippen molar-refractivity contribution >= 4 is 22.9 Å². The van der Waals surface area contributed by atoms with Crippen molar-refractivity contribution in [2.24, 2.45) is 0 Å². The fourth-order valence-corrected chi connectivity index (χ4v) is 3.03. The van der Waals surface area contributed by atoms with Gasteiger partial charge in [-0.1, -0.05) is 11.6 Å². The van der Waals surface area contributed by atoms with E-state index in [0.717, 1.165) is 17.2 Å². The monoisotopic (exact) mass is 231 g/mol. The lowest BCUT2D eigenvalue weighted by atomic mass is 10.2. The van der Waals surface area contributed by atoms with Gasteiger partial charge in [0.15, 0.2) is 0 Å². The van der Waals surface area contributed by atoms with E-state index in [0.29, 0.717) is 6.04 Å². The molecule has 0 bridgehead atoms. The summed E-state index contributed by atoms with van der Waals surface area (Å²) >= 11 is 7.64. The third-order valence-corrected chi connectivity index (χ3v) is 3.63. The Morgan fingerprint density at radius 1 is 1.64 bits per heavy atom. The Balaban J connectivity index is 2.02. The molecule has 78 valence electrons. The zero-order valence-electron chi connectivity index (χ0n) is 8.34. The first kappa shape index (κ1) is 10.4. The van der Waals surface area contributed by atoms with E-state index < -0.39 is 0 Å². The molecule has 2 nitrogen and oxygen atoms in total. The summed E-state index contributed by atoms with van der Waals surface area (Å²) < 4.78 is 0.881. The molecule has 4 heteroatoms. The lowest BCUT2D eigenvalue weighted by molar-refractivity contribution is -0.0262. The molecule has 0 fully saturated rings. The van der Waals surface area contributed by atoms with Gasteiger partial charge in [0.25, 0.3) is 0 Å². The Labute approximate surface area is 93.2 Å². The molecule has 1 atom stereocenters. The highest BCUT2D eigenvalue weighted by Crippen LogP contribution is 2.39. The highest BCUT2D eigenvalue weighted by molar-refractivity contribution is 7.16. The van der Waals surface area contributed by atoms with Crippen LogP contribution in [0.15, 0.2) is 6.07 Å². The van der Waals surface area contributed by atoms with Gasteiger partial charge in [0, 0.05) is 4.88 Å². The summed E-state index contributed by atoms with van der Waals surface area (Å²) in [6.07, 6.45) is 2.45. The van der Waals surface area contributed by atoms with E-state index in [4.69, 9.17) is 16.4 Å². The molecule has 1 aliphatic rings. The minimum absolute atomic E-state index is 0.216. The number of halogens is 1. The van der Waals surface area contributed by atoms with Crippen molar-refractivity contribution in [1.82, 2.24) is 5.48 Å². The van der Waals surface area contributed by atoms with Crippen LogP contribution in [0.1, 0.15) is 36.8 Å². The molecule has 0 aliphatic heterocycles. The van der Waals surface area contributed by atoms with Crippen molar-refractivity contribution in [3.05, 3.63) is 20.8 Å². The van der Waals surface area contributed by atoms with Gasteiger partial charge in [0.1, 0.15) is 0 Å². The molecule has 1 aliphatic carbocycles. The van der Waals surface area contributed by atoms with Crippen LogP contribution in [0, 0.1) is 0 Å². The van der Waals surface area contributed by atoms with E-state index in [-0.39, 0.29) is 6.10 Å². The van der Waals surface area contributed by atoms with Crippen LogP contribution in [0.25, 0.3) is 0 Å². The van der Waals surface area contributed by atoms with Gasteiger partial charge >= 0.3 is 0 Å². The largest absolute Gasteiger partial charge is 0.299 e. The molecular formula is C10H14ClNOS. The molecule has 0 saturated carbocycles. The van der Waals surface area contributed by atoms with Crippen LogP contribution in [0.3, 0.4) is 0 Å². The summed E-state index contributed by atoms with van der Waals surface area (Å²) in [4.78, 5) is 6.81. The molecule has 0 amide bonds. The lowest BCUT2D eigenvalue weighted by Crippen LogP contribution is -2.23. The number of thiophene rings is 1. The fraction of sp³-hybridized carbons (Fsp3) is 0.600. The van der Waals surface area contributed by atoms with Gasteiger partial charge in [-0.3, -0.25) is 4.84 Å². The summed E-state index contributed by atoms with van der Waals surface area (Å²) in [5.41, 5.74) is 4.42. The van der Waals surface area contributed by atoms with E-state index in [1.807, 2.05) is 13.8 Å². The van der Waals surface area contributed by atoms with Crippen molar-refractivity contribution in [3.63, 3.8) is 0 Å². The van der Waals surface area contributed by atoms with E-state index in [1.54, 1.807) is 11.3 Å². The van der Waals surface area contributed by atoms with E-state index >= 15 is 0 Å². The molecule has 0 radical (unpaired) electrons. The van der Waals surface area contributed by atoms with Gasteiger partial charge in [-0.25, -0.2) is 0 Å². The second-order valence-corrected chi connectivity index (χ2v) is 5.57. The highest BCUT2D eigenvalue weighted by atomic mass is 35.5. The van der Waals surface area contributed by atoms with Gasteiger partial charge in [0.2, 0.25) is 0 Å². The van der Waals surface area contributed by atoms with Gasteiger partial charge < -0.3 is 0 Å². The Bertz CT molecular complexity index is 324. The number of hydroxylamine groups is 1. The van der Waals surface area contributed by atoms with E-state index in [2.05, 4.69) is 11.5 Å². The maximum absolute atomic E-state index is 5.96. The predicted molar refractivity (Wildman–Crippen MR) is 59.7 cm³/mol. The van der Waals surface area contributed by atoms with Gasteiger partial charge in [-0.15, -0.1) is 11.3 Å². The average Bonchev–Trinajstić information content (AvgIpc) is 2.60. The Morgan fingerprint density at radius 3 is 3.14 bits per heavy atom. The van der Waals surface area contributed by atoms with Gasteiger partial charge in [0.05, 0.1) is 16.5 Å². The molecule has 1 aromatic rings. The quantitative estimate of drug-likeness (QED) is 0.806. The van der Waals surface area contributed by atoms with Crippen LogP contribution in [0.4, 0.5) is 0 Å². The fourth-order valence-electron chi connectivity index (χ4n) is 1.67. The number of nitrogens with one attached hydrogen (secondary N) is 1. The van der Waals surface area contributed by atoms with Crippen molar-refractivity contribution in [1.29, 1.82) is 0 Å². The first-order chi connectivity index (χ1) is 6.66. The second kappa shape index (κ2) is 4.19. The summed E-state index contributed by atoms with van der Waals surface area (Å²) in [5, 5.41) is 0. The third-order valence-electron chi connectivity index (χ3n) is 2.29. The van der Waals surface area contributed by atoms with Crippen LogP contribution in [0.2, 0.25) is 4.34 Å². The number of fused-ring (bicyclic) bond motifs is 1. The van der Waals surface area contributed by atoms with Crippen LogP contribution in [-0.2, 0) is 11.3 Å². The number of aryl methyl sites for hydroxylation is 1. The van der Waals surface area contributed by atoms with Crippen molar-refractivity contribution < 1.29 is 4.84 Å². The van der Waals surface area contributed by atoms with Gasteiger partial charge in [-0.2, -0.15) is 5.48 Å². The summed E-state index contributed by atoms with van der Waals surface area (Å²) in [7, 11) is 0. The van der Waals surface area contributed by atoms with Gasteiger partial charge in [-0.05, 0) is 38.3 Å². The highest BCUT2D eigenvalue weighted by Gasteiger charge is 2.25. The molecule has 1 heterocycles. The second-order valence-electron chi connectivity index (χ2n) is 3.80. The minimum atomic E-state index is 0.216. The number of hydrogen-bond acceptors (Lipinski definition) is 3. The summed E-state index contributed by atoms with van der Waals surface area (Å²) in [6.45, 7) is 4.03. The molecular weight excluding hydrogens is 218 g/mol. The molecule has 0 aromatic carbocycles. The van der Waals surface area contributed by atoms with Crippen molar-refractivity contribution in [2.75, 3.05) is 0 Å². The van der Waals surface area contributed by atoms with E-state index in [1.165, 1.54) is 10.4 Å². The molecule has 0 spiro atoms. The van der Waals surface area contributed by atoms with Crippen molar-refractivity contribution in [2.45, 2.75) is 38.8 Å². The summed E-state index contributed by atoms with van der Waals surface area (Å²) in [5.74, 6) is 0. The molecule has 2 rings (SSSR count). The predicted octanol–water partition coefficient (Wildman–Crippen LogP) is 3.32. The third kappa shape index (κ3) is 2.11. The molecule has 0 saturated heterocycles. The first-order valence-electron chi connectivity index (χ1n) is 4.86. The molecule has 1 N–H and O–H groups in total. The molecule has 14 heavy (non-hydrogen) atoms. The normalized spacial score (nSPS) is 20.4. The Kier molecular flexibility index (Phi) is 3.12. The van der Waals surface area contributed by atoms with Crippen LogP contribution < -0.4 is 5.48 Å². The first-order valence-corrected chi connectivity index (χ1v) is 6.05. The Morgan fingerprint density at radius 2 is 2.43 bits per heavy atom. The SMILES string of the molecule is CC(C)ONC1CCc2sc(Cl)cc21. The van der Waals surface area contributed by atoms with Crippen LogP contribution >= 0.6 is 22.9 Å². The standard InChI is InChI=1S/C10H14ClNOS/c1-6(2)13-12-8-3-4-9-7(8)5-10(11)14-9/h5-6,8,12H,3-4H2,1-2H3. The maximum atomic E-state index is 5.96. The minimum Gasteiger partial charge on any atom is -0.299 e. The molecule has 1 unspecified atom stereocenters. The zero-order chi connectivity index (χ0) is 10.1. The smallest absolute Gasteiger partial charge is 0.0934 e. The van der Waals surface area contributed by atoms with Crippen LogP contribution in [0.5, 0.6) is 0 Å². The topological polar surface area (TPSA) is 21.3 Å².